The van der Waals surface area contributed by atoms with Crippen LogP contribution in [0.3, 0.4) is 0 Å². The number of hydrogen-bond donors (Lipinski definition) is 2. The van der Waals surface area contributed by atoms with Gasteiger partial charge in [0, 0.05) is 21.6 Å². The number of carbonyl (C=O) groups excluding carboxylic acids is 1. The fourth-order valence-corrected chi connectivity index (χ4v) is 2.92. The Hall–Kier alpha value is -0.820. The summed E-state index contributed by atoms with van der Waals surface area (Å²) < 4.78 is 6.25. The highest BCUT2D eigenvalue weighted by Gasteiger charge is 2.37. The van der Waals surface area contributed by atoms with Gasteiger partial charge in [-0.2, -0.15) is 0 Å². The SMILES string of the molecule is CC(C)C[C@](O)(OC(=O)NC1CC1)c1ccccc1I. The van der Waals surface area contributed by atoms with Crippen LogP contribution in [-0.2, 0) is 10.5 Å². The number of aliphatic hydroxyl groups is 1. The summed E-state index contributed by atoms with van der Waals surface area (Å²) in [5, 5.41) is 13.6. The molecule has 1 amide bonds. The van der Waals surface area contributed by atoms with E-state index in [9.17, 15) is 9.90 Å². The van der Waals surface area contributed by atoms with Gasteiger partial charge in [0.1, 0.15) is 0 Å². The Labute approximate surface area is 133 Å². The van der Waals surface area contributed by atoms with Crippen molar-refractivity contribution >= 4 is 28.7 Å². The first-order valence-electron chi connectivity index (χ1n) is 6.87. The van der Waals surface area contributed by atoms with E-state index in [0.717, 1.165) is 16.4 Å². The maximum atomic E-state index is 11.9. The molecule has 4 nitrogen and oxygen atoms in total. The molecule has 1 aromatic carbocycles. The largest absolute Gasteiger partial charge is 0.413 e. The standard InChI is InChI=1S/C15H20INO3/c1-10(2)9-15(19,12-5-3-4-6-13(12)16)20-14(18)17-11-7-8-11/h3-6,10-11,19H,7-9H2,1-2H3,(H,17,18)/t15-/m0/s1. The summed E-state index contributed by atoms with van der Waals surface area (Å²) in [4.78, 5) is 11.9. The van der Waals surface area contributed by atoms with Gasteiger partial charge in [-0.05, 0) is 47.4 Å². The maximum Gasteiger partial charge on any atom is 0.410 e. The predicted octanol–water partition coefficient (Wildman–Crippen LogP) is 3.37. The van der Waals surface area contributed by atoms with E-state index in [2.05, 4.69) is 27.9 Å². The molecule has 2 N–H and O–H groups in total. The summed E-state index contributed by atoms with van der Waals surface area (Å²) in [5.74, 6) is -1.38. The van der Waals surface area contributed by atoms with E-state index in [4.69, 9.17) is 4.74 Å². The van der Waals surface area contributed by atoms with Crippen LogP contribution in [0.5, 0.6) is 0 Å². The van der Waals surface area contributed by atoms with Gasteiger partial charge in [-0.25, -0.2) is 4.79 Å². The Kier molecular flexibility index (Phi) is 4.90. The third-order valence-electron chi connectivity index (χ3n) is 3.14. The Morgan fingerprint density at radius 1 is 1.50 bits per heavy atom. The molecular weight excluding hydrogens is 369 g/mol. The lowest BCUT2D eigenvalue weighted by Gasteiger charge is -2.30. The van der Waals surface area contributed by atoms with Crippen LogP contribution >= 0.6 is 22.6 Å². The van der Waals surface area contributed by atoms with Gasteiger partial charge in [0.05, 0.1) is 0 Å². The fourth-order valence-electron chi connectivity index (χ4n) is 2.12. The Morgan fingerprint density at radius 3 is 2.70 bits per heavy atom. The lowest BCUT2D eigenvalue weighted by atomic mass is 9.96. The van der Waals surface area contributed by atoms with Crippen molar-refractivity contribution in [3.63, 3.8) is 0 Å². The fraction of sp³-hybridized carbons (Fsp3) is 0.533. The zero-order valence-corrected chi connectivity index (χ0v) is 13.9. The Balaban J connectivity index is 2.19. The van der Waals surface area contributed by atoms with Crippen molar-refractivity contribution in [2.45, 2.75) is 44.9 Å². The number of carbonyl (C=O) groups is 1. The molecule has 0 bridgehead atoms. The molecule has 1 aromatic rings. The third-order valence-corrected chi connectivity index (χ3v) is 4.08. The minimum Gasteiger partial charge on any atom is -0.413 e. The smallest absolute Gasteiger partial charge is 0.410 e. The maximum absolute atomic E-state index is 11.9. The molecule has 0 aliphatic heterocycles. The van der Waals surface area contributed by atoms with Crippen molar-refractivity contribution in [3.8, 4) is 0 Å². The lowest BCUT2D eigenvalue weighted by Crippen LogP contribution is -2.39. The number of rotatable bonds is 5. The average molecular weight is 389 g/mol. The first-order chi connectivity index (χ1) is 9.40. The molecule has 0 radical (unpaired) electrons. The van der Waals surface area contributed by atoms with Crippen molar-refractivity contribution in [1.29, 1.82) is 0 Å². The molecule has 1 atom stereocenters. The molecular formula is C15H20INO3. The normalized spacial score (nSPS) is 17.6. The summed E-state index contributed by atoms with van der Waals surface area (Å²) >= 11 is 2.15. The minimum absolute atomic E-state index is 0.199. The topological polar surface area (TPSA) is 58.6 Å². The van der Waals surface area contributed by atoms with Gasteiger partial charge in [-0.15, -0.1) is 0 Å². The van der Waals surface area contributed by atoms with E-state index in [0.29, 0.717) is 12.0 Å². The molecule has 1 aliphatic carbocycles. The number of nitrogens with one attached hydrogen (secondary N) is 1. The van der Waals surface area contributed by atoms with Crippen molar-refractivity contribution in [1.82, 2.24) is 5.32 Å². The molecule has 0 unspecified atom stereocenters. The third kappa shape index (κ3) is 4.09. The second-order valence-corrected chi connectivity index (χ2v) is 6.83. The van der Waals surface area contributed by atoms with Crippen molar-refractivity contribution < 1.29 is 14.6 Å². The van der Waals surface area contributed by atoms with Crippen LogP contribution in [-0.4, -0.2) is 17.2 Å². The summed E-state index contributed by atoms with van der Waals surface area (Å²) in [6.07, 6.45) is 1.79. The molecule has 0 heterocycles. The van der Waals surface area contributed by atoms with Crippen LogP contribution in [0.15, 0.2) is 24.3 Å². The highest BCUT2D eigenvalue weighted by atomic mass is 127. The van der Waals surface area contributed by atoms with Crippen molar-refractivity contribution in [2.75, 3.05) is 0 Å². The quantitative estimate of drug-likeness (QED) is 0.600. The van der Waals surface area contributed by atoms with Gasteiger partial charge < -0.3 is 15.2 Å². The van der Waals surface area contributed by atoms with Gasteiger partial charge in [-0.1, -0.05) is 32.0 Å². The van der Waals surface area contributed by atoms with E-state index in [1.165, 1.54) is 0 Å². The molecule has 1 aliphatic rings. The van der Waals surface area contributed by atoms with Crippen LogP contribution in [0.1, 0.15) is 38.7 Å². The molecule has 0 spiro atoms. The average Bonchev–Trinajstić information content (AvgIpc) is 3.11. The summed E-state index contributed by atoms with van der Waals surface area (Å²) in [6.45, 7) is 3.98. The zero-order chi connectivity index (χ0) is 14.8. The highest BCUT2D eigenvalue weighted by molar-refractivity contribution is 14.1. The second kappa shape index (κ2) is 6.30. The monoisotopic (exact) mass is 389 g/mol. The van der Waals surface area contributed by atoms with Crippen molar-refractivity contribution in [3.05, 3.63) is 33.4 Å². The van der Waals surface area contributed by atoms with Crippen LogP contribution in [0, 0.1) is 9.49 Å². The molecule has 0 saturated heterocycles. The van der Waals surface area contributed by atoms with Gasteiger partial charge in [-0.3, -0.25) is 0 Å². The molecule has 0 aromatic heterocycles. The van der Waals surface area contributed by atoms with Crippen LogP contribution in [0.4, 0.5) is 4.79 Å². The van der Waals surface area contributed by atoms with Crippen molar-refractivity contribution in [2.24, 2.45) is 5.92 Å². The second-order valence-electron chi connectivity index (χ2n) is 5.67. The van der Waals surface area contributed by atoms with Crippen LogP contribution in [0.25, 0.3) is 0 Å². The molecule has 1 saturated carbocycles. The number of benzene rings is 1. The van der Waals surface area contributed by atoms with E-state index in [1.807, 2.05) is 32.0 Å². The molecule has 110 valence electrons. The predicted molar refractivity (Wildman–Crippen MR) is 85.1 cm³/mol. The highest BCUT2D eigenvalue weighted by Crippen LogP contribution is 2.33. The van der Waals surface area contributed by atoms with E-state index in [1.54, 1.807) is 6.07 Å². The Morgan fingerprint density at radius 2 is 2.15 bits per heavy atom. The first-order valence-corrected chi connectivity index (χ1v) is 7.95. The summed E-state index contributed by atoms with van der Waals surface area (Å²) in [6, 6.07) is 7.63. The number of alkyl carbamates (subject to hydrolysis) is 1. The molecule has 1 fully saturated rings. The molecule has 20 heavy (non-hydrogen) atoms. The number of hydrogen-bond acceptors (Lipinski definition) is 3. The lowest BCUT2D eigenvalue weighted by molar-refractivity contribution is -0.181. The number of halogens is 1. The summed E-state index contributed by atoms with van der Waals surface area (Å²) in [7, 11) is 0. The van der Waals surface area contributed by atoms with Gasteiger partial charge in [0.25, 0.3) is 0 Å². The molecule has 2 rings (SSSR count). The van der Waals surface area contributed by atoms with E-state index >= 15 is 0 Å². The number of ether oxygens (including phenoxy) is 1. The van der Waals surface area contributed by atoms with E-state index in [-0.39, 0.29) is 12.0 Å². The number of amides is 1. The zero-order valence-electron chi connectivity index (χ0n) is 11.7. The van der Waals surface area contributed by atoms with E-state index < -0.39 is 11.9 Å². The van der Waals surface area contributed by atoms with Gasteiger partial charge >= 0.3 is 6.09 Å². The van der Waals surface area contributed by atoms with Crippen LogP contribution < -0.4 is 5.32 Å². The minimum atomic E-state index is -1.58. The van der Waals surface area contributed by atoms with Gasteiger partial charge in [0.15, 0.2) is 0 Å². The Bertz CT molecular complexity index is 488. The van der Waals surface area contributed by atoms with Gasteiger partial charge in [0.2, 0.25) is 5.79 Å². The first kappa shape index (κ1) is 15.6. The van der Waals surface area contributed by atoms with Crippen LogP contribution in [0.2, 0.25) is 0 Å². The molecule has 5 heteroatoms. The summed E-state index contributed by atoms with van der Waals surface area (Å²) in [5.41, 5.74) is 0.639.